The van der Waals surface area contributed by atoms with Gasteiger partial charge < -0.3 is 15.2 Å². The normalized spacial score (nSPS) is 11.7. The summed E-state index contributed by atoms with van der Waals surface area (Å²) in [6.07, 6.45) is -0.752. The Bertz CT molecular complexity index is 584. The summed E-state index contributed by atoms with van der Waals surface area (Å²) in [4.78, 5) is 11.8. The van der Waals surface area contributed by atoms with Gasteiger partial charge >= 0.3 is 0 Å². The van der Waals surface area contributed by atoms with E-state index in [4.69, 9.17) is 4.74 Å². The molecule has 110 valence electrons. The van der Waals surface area contributed by atoms with Crippen molar-refractivity contribution in [1.82, 2.24) is 5.32 Å². The van der Waals surface area contributed by atoms with Gasteiger partial charge in [-0.05, 0) is 36.8 Å². The second-order valence-electron chi connectivity index (χ2n) is 4.86. The fourth-order valence-corrected chi connectivity index (χ4v) is 1.86. The topological polar surface area (TPSA) is 58.6 Å². The smallest absolute Gasteiger partial charge is 0.251 e. The summed E-state index contributed by atoms with van der Waals surface area (Å²) in [5.74, 6) is 0.508. The molecule has 1 atom stereocenters. The van der Waals surface area contributed by atoms with Crippen LogP contribution in [0, 0.1) is 6.92 Å². The molecule has 0 radical (unpaired) electrons. The van der Waals surface area contributed by atoms with E-state index in [1.807, 2.05) is 37.3 Å². The van der Waals surface area contributed by atoms with Gasteiger partial charge in [0.05, 0.1) is 0 Å². The first kappa shape index (κ1) is 15.1. The second-order valence-corrected chi connectivity index (χ2v) is 4.86. The molecule has 0 aromatic heterocycles. The Labute approximate surface area is 124 Å². The van der Waals surface area contributed by atoms with Gasteiger partial charge in [0.25, 0.3) is 5.91 Å². The molecule has 1 amide bonds. The molecule has 2 rings (SSSR count). The van der Waals surface area contributed by atoms with Gasteiger partial charge in [0.15, 0.2) is 0 Å². The first-order valence-electron chi connectivity index (χ1n) is 6.86. The van der Waals surface area contributed by atoms with Crippen LogP contribution in [0.4, 0.5) is 0 Å². The molecule has 2 aromatic rings. The van der Waals surface area contributed by atoms with E-state index >= 15 is 0 Å². The number of aliphatic hydroxyl groups is 1. The van der Waals surface area contributed by atoms with E-state index in [2.05, 4.69) is 5.32 Å². The molecule has 0 spiro atoms. The Kier molecular flexibility index (Phi) is 5.35. The first-order valence-corrected chi connectivity index (χ1v) is 6.86. The van der Waals surface area contributed by atoms with Gasteiger partial charge in [-0.2, -0.15) is 0 Å². The maximum Gasteiger partial charge on any atom is 0.251 e. The Morgan fingerprint density at radius 1 is 1.19 bits per heavy atom. The summed E-state index contributed by atoms with van der Waals surface area (Å²) in [6.45, 7) is 2.27. The zero-order valence-electron chi connectivity index (χ0n) is 12.0. The summed E-state index contributed by atoms with van der Waals surface area (Å²) in [5, 5.41) is 12.5. The molecule has 0 aliphatic carbocycles. The molecular weight excluding hydrogens is 266 g/mol. The third-order valence-electron chi connectivity index (χ3n) is 2.97. The molecule has 0 saturated heterocycles. The number of nitrogens with one attached hydrogen (secondary N) is 1. The predicted molar refractivity (Wildman–Crippen MR) is 81.5 cm³/mol. The zero-order valence-corrected chi connectivity index (χ0v) is 12.0. The van der Waals surface area contributed by atoms with Crippen molar-refractivity contribution in [3.05, 3.63) is 65.7 Å². The van der Waals surface area contributed by atoms with Crippen LogP contribution < -0.4 is 10.1 Å². The van der Waals surface area contributed by atoms with Gasteiger partial charge in [-0.15, -0.1) is 0 Å². The molecule has 0 fully saturated rings. The van der Waals surface area contributed by atoms with Crippen LogP contribution in [0.3, 0.4) is 0 Å². The third-order valence-corrected chi connectivity index (χ3v) is 2.97. The summed E-state index contributed by atoms with van der Waals surface area (Å²) in [5.41, 5.74) is 1.67. The van der Waals surface area contributed by atoms with Crippen LogP contribution in [0.15, 0.2) is 54.6 Å². The lowest BCUT2D eigenvalue weighted by molar-refractivity contribution is 0.0843. The Morgan fingerprint density at radius 2 is 1.95 bits per heavy atom. The minimum atomic E-state index is -0.752. The average Bonchev–Trinajstić information content (AvgIpc) is 2.51. The number of aliphatic hydroxyl groups excluding tert-OH is 1. The van der Waals surface area contributed by atoms with Crippen molar-refractivity contribution in [3.63, 3.8) is 0 Å². The number of carbonyl (C=O) groups excluding carboxylic acids is 1. The zero-order chi connectivity index (χ0) is 15.1. The molecule has 4 heteroatoms. The second kappa shape index (κ2) is 7.45. The van der Waals surface area contributed by atoms with Crippen LogP contribution >= 0.6 is 0 Å². The maximum atomic E-state index is 11.8. The lowest BCUT2D eigenvalue weighted by Crippen LogP contribution is -2.35. The van der Waals surface area contributed by atoms with Crippen molar-refractivity contribution in [2.45, 2.75) is 13.0 Å². The van der Waals surface area contributed by atoms with Crippen molar-refractivity contribution in [2.75, 3.05) is 13.2 Å². The minimum Gasteiger partial charge on any atom is -0.491 e. The van der Waals surface area contributed by atoms with Crippen molar-refractivity contribution in [2.24, 2.45) is 0 Å². The Balaban J connectivity index is 1.75. The van der Waals surface area contributed by atoms with Crippen LogP contribution in [0.1, 0.15) is 15.9 Å². The molecule has 21 heavy (non-hydrogen) atoms. The summed E-state index contributed by atoms with van der Waals surface area (Å²) in [7, 11) is 0. The highest BCUT2D eigenvalue weighted by Gasteiger charge is 2.09. The van der Waals surface area contributed by atoms with E-state index in [0.29, 0.717) is 11.3 Å². The monoisotopic (exact) mass is 285 g/mol. The van der Waals surface area contributed by atoms with E-state index < -0.39 is 6.10 Å². The highest BCUT2D eigenvalue weighted by Crippen LogP contribution is 2.12. The van der Waals surface area contributed by atoms with Crippen LogP contribution in [0.2, 0.25) is 0 Å². The molecule has 2 aromatic carbocycles. The van der Waals surface area contributed by atoms with Gasteiger partial charge in [0.1, 0.15) is 18.5 Å². The maximum absolute atomic E-state index is 11.8. The molecule has 0 saturated carbocycles. The van der Waals surface area contributed by atoms with Crippen LogP contribution in [-0.4, -0.2) is 30.3 Å². The lowest BCUT2D eigenvalue weighted by Gasteiger charge is -2.13. The van der Waals surface area contributed by atoms with E-state index in [1.54, 1.807) is 24.3 Å². The fourth-order valence-electron chi connectivity index (χ4n) is 1.86. The summed E-state index contributed by atoms with van der Waals surface area (Å²) < 4.78 is 5.49. The molecule has 2 N–H and O–H groups in total. The minimum absolute atomic E-state index is 0.137. The Hall–Kier alpha value is -2.33. The highest BCUT2D eigenvalue weighted by molar-refractivity contribution is 5.94. The fraction of sp³-hybridized carbons (Fsp3) is 0.235. The molecule has 0 heterocycles. The summed E-state index contributed by atoms with van der Waals surface area (Å²) >= 11 is 0. The van der Waals surface area contributed by atoms with Crippen molar-refractivity contribution < 1.29 is 14.6 Å². The van der Waals surface area contributed by atoms with Crippen LogP contribution in [0.25, 0.3) is 0 Å². The molecule has 0 bridgehead atoms. The number of hydrogen-bond donors (Lipinski definition) is 2. The molecule has 0 aliphatic heterocycles. The predicted octanol–water partition coefficient (Wildman–Crippen LogP) is 2.16. The molecular formula is C17H19NO3. The first-order chi connectivity index (χ1) is 10.1. The van der Waals surface area contributed by atoms with Crippen molar-refractivity contribution >= 4 is 5.91 Å². The average molecular weight is 285 g/mol. The van der Waals surface area contributed by atoms with Crippen molar-refractivity contribution in [3.8, 4) is 5.75 Å². The highest BCUT2D eigenvalue weighted by atomic mass is 16.5. The lowest BCUT2D eigenvalue weighted by atomic mass is 10.2. The Morgan fingerprint density at radius 3 is 2.67 bits per heavy atom. The van der Waals surface area contributed by atoms with E-state index in [9.17, 15) is 9.90 Å². The van der Waals surface area contributed by atoms with Crippen molar-refractivity contribution in [1.29, 1.82) is 0 Å². The number of aryl methyl sites for hydroxylation is 1. The summed E-state index contributed by atoms with van der Waals surface area (Å²) in [6, 6.07) is 16.5. The molecule has 0 aliphatic rings. The van der Waals surface area contributed by atoms with Gasteiger partial charge in [0, 0.05) is 12.1 Å². The van der Waals surface area contributed by atoms with Crippen LogP contribution in [0.5, 0.6) is 5.75 Å². The molecule has 4 nitrogen and oxygen atoms in total. The number of amides is 1. The standard InChI is InChI=1S/C17H19NO3/c1-13-6-5-9-16(10-13)21-12-15(19)11-18-17(20)14-7-3-2-4-8-14/h2-10,15,19H,11-12H2,1H3,(H,18,20). The number of benzene rings is 2. The SMILES string of the molecule is Cc1cccc(OCC(O)CNC(=O)c2ccccc2)c1. The van der Waals surface area contributed by atoms with E-state index in [1.165, 1.54) is 0 Å². The third kappa shape index (κ3) is 4.93. The van der Waals surface area contributed by atoms with E-state index in [-0.39, 0.29) is 19.1 Å². The quantitative estimate of drug-likeness (QED) is 0.855. The number of rotatable bonds is 6. The van der Waals surface area contributed by atoms with Gasteiger partial charge in [0.2, 0.25) is 0 Å². The number of ether oxygens (including phenoxy) is 1. The van der Waals surface area contributed by atoms with Crippen LogP contribution in [-0.2, 0) is 0 Å². The van der Waals surface area contributed by atoms with E-state index in [0.717, 1.165) is 5.56 Å². The van der Waals surface area contributed by atoms with Gasteiger partial charge in [-0.3, -0.25) is 4.79 Å². The largest absolute Gasteiger partial charge is 0.491 e. The van der Waals surface area contributed by atoms with Gasteiger partial charge in [-0.25, -0.2) is 0 Å². The van der Waals surface area contributed by atoms with Gasteiger partial charge in [-0.1, -0.05) is 30.3 Å². The molecule has 1 unspecified atom stereocenters. The number of hydrogen-bond acceptors (Lipinski definition) is 3. The number of carbonyl (C=O) groups is 1.